The van der Waals surface area contributed by atoms with Crippen molar-refractivity contribution >= 4 is 11.8 Å². The molecular formula is C18H21N3O3. The summed E-state index contributed by atoms with van der Waals surface area (Å²) in [6.45, 7) is 4.23. The van der Waals surface area contributed by atoms with Gasteiger partial charge in [0.1, 0.15) is 12.3 Å². The Morgan fingerprint density at radius 3 is 2.71 bits per heavy atom. The number of carbonyl (C=O) groups is 1. The number of hydrogen-bond donors (Lipinski definition) is 3. The maximum Gasteiger partial charge on any atom is 0.407 e. The molecule has 3 unspecified atom stereocenters. The lowest BCUT2D eigenvalue weighted by Gasteiger charge is -2.36. The minimum absolute atomic E-state index is 0.0559. The van der Waals surface area contributed by atoms with Crippen LogP contribution in [0, 0.1) is 5.92 Å². The maximum atomic E-state index is 12.2. The highest BCUT2D eigenvalue weighted by molar-refractivity contribution is 5.69. The van der Waals surface area contributed by atoms with Crippen molar-refractivity contribution in [1.29, 1.82) is 0 Å². The van der Waals surface area contributed by atoms with Gasteiger partial charge in [-0.2, -0.15) is 0 Å². The highest BCUT2D eigenvalue weighted by Gasteiger charge is 2.34. The molecule has 6 heteroatoms. The molecule has 6 nitrogen and oxygen atoms in total. The van der Waals surface area contributed by atoms with Gasteiger partial charge in [-0.05, 0) is 18.6 Å². The molecule has 0 spiro atoms. The minimum atomic E-state index is -0.490. The van der Waals surface area contributed by atoms with Crippen molar-refractivity contribution < 1.29 is 9.53 Å². The van der Waals surface area contributed by atoms with E-state index >= 15 is 0 Å². The Hall–Kier alpha value is -2.76. The van der Waals surface area contributed by atoms with Gasteiger partial charge in [0.2, 0.25) is 0 Å². The first kappa shape index (κ1) is 16.1. The third-order valence-electron chi connectivity index (χ3n) is 4.50. The molecule has 1 aliphatic rings. The molecule has 2 heterocycles. The molecule has 0 saturated heterocycles. The monoisotopic (exact) mass is 327 g/mol. The Balaban J connectivity index is 1.73. The number of hydrogen-bond acceptors (Lipinski definition) is 4. The van der Waals surface area contributed by atoms with E-state index in [1.165, 1.54) is 0 Å². The van der Waals surface area contributed by atoms with Crippen LogP contribution in [0.1, 0.15) is 31.0 Å². The zero-order valence-corrected chi connectivity index (χ0v) is 13.7. The summed E-state index contributed by atoms with van der Waals surface area (Å²) in [5.74, 6) is 0.114. The second kappa shape index (κ2) is 6.78. The van der Waals surface area contributed by atoms with E-state index in [4.69, 9.17) is 4.74 Å². The first-order chi connectivity index (χ1) is 11.6. The molecule has 3 N–H and O–H groups in total. The van der Waals surface area contributed by atoms with Gasteiger partial charge in [0.25, 0.3) is 5.56 Å². The Bertz CT molecular complexity index is 773. The largest absolute Gasteiger partial charge is 0.445 e. The lowest BCUT2D eigenvalue weighted by Crippen LogP contribution is -2.44. The normalized spacial score (nSPS) is 22.2. The van der Waals surface area contributed by atoms with Crippen LogP contribution in [-0.2, 0) is 11.3 Å². The van der Waals surface area contributed by atoms with E-state index in [0.717, 1.165) is 11.1 Å². The van der Waals surface area contributed by atoms with Crippen LogP contribution in [0.4, 0.5) is 10.5 Å². The van der Waals surface area contributed by atoms with Crippen molar-refractivity contribution in [2.24, 2.45) is 5.92 Å². The third-order valence-corrected chi connectivity index (χ3v) is 4.50. The van der Waals surface area contributed by atoms with Crippen molar-refractivity contribution in [2.45, 2.75) is 32.5 Å². The van der Waals surface area contributed by atoms with Gasteiger partial charge in [-0.3, -0.25) is 4.79 Å². The molecule has 0 bridgehead atoms. The average Bonchev–Trinajstić information content (AvgIpc) is 2.59. The Kier molecular flexibility index (Phi) is 4.55. The first-order valence-corrected chi connectivity index (χ1v) is 8.01. The van der Waals surface area contributed by atoms with Gasteiger partial charge in [0.15, 0.2) is 0 Å². The fourth-order valence-corrected chi connectivity index (χ4v) is 2.93. The fraction of sp³-hybridized carbons (Fsp3) is 0.333. The zero-order valence-electron chi connectivity index (χ0n) is 13.7. The highest BCUT2D eigenvalue weighted by atomic mass is 16.5. The molecule has 1 aromatic heterocycles. The van der Waals surface area contributed by atoms with Gasteiger partial charge in [0, 0.05) is 23.7 Å². The van der Waals surface area contributed by atoms with E-state index in [9.17, 15) is 9.59 Å². The fourth-order valence-electron chi connectivity index (χ4n) is 2.93. The zero-order chi connectivity index (χ0) is 17.1. The SMILES string of the molecule is CC1Nc2c(cc[nH]c2=O)C(NC(=O)OCc2ccccc2)C1C. The smallest absolute Gasteiger partial charge is 0.407 e. The topological polar surface area (TPSA) is 83.2 Å². The van der Waals surface area contributed by atoms with Gasteiger partial charge in [0.05, 0.1) is 6.04 Å². The number of carbonyl (C=O) groups excluding carboxylic acids is 1. The molecule has 2 aromatic rings. The average molecular weight is 327 g/mol. The van der Waals surface area contributed by atoms with Gasteiger partial charge in [-0.15, -0.1) is 0 Å². The maximum absolute atomic E-state index is 12.2. The van der Waals surface area contributed by atoms with Crippen LogP contribution in [-0.4, -0.2) is 17.1 Å². The van der Waals surface area contributed by atoms with Crippen LogP contribution in [0.3, 0.4) is 0 Å². The van der Waals surface area contributed by atoms with Crippen LogP contribution in [0.25, 0.3) is 0 Å². The van der Waals surface area contributed by atoms with Crippen molar-refractivity contribution in [1.82, 2.24) is 10.3 Å². The minimum Gasteiger partial charge on any atom is -0.445 e. The number of nitrogens with one attached hydrogen (secondary N) is 3. The van der Waals surface area contributed by atoms with Gasteiger partial charge < -0.3 is 20.4 Å². The Morgan fingerprint density at radius 1 is 1.21 bits per heavy atom. The van der Waals surface area contributed by atoms with Crippen molar-refractivity contribution in [3.8, 4) is 0 Å². The summed E-state index contributed by atoms with van der Waals surface area (Å²) in [4.78, 5) is 26.8. The van der Waals surface area contributed by atoms with Crippen LogP contribution >= 0.6 is 0 Å². The molecular weight excluding hydrogens is 306 g/mol. The second-order valence-corrected chi connectivity index (χ2v) is 6.11. The molecule has 3 atom stereocenters. The number of benzene rings is 1. The summed E-state index contributed by atoms with van der Waals surface area (Å²) >= 11 is 0. The number of aromatic amines is 1. The lowest BCUT2D eigenvalue weighted by atomic mass is 9.85. The number of alkyl carbamates (subject to hydrolysis) is 1. The summed E-state index contributed by atoms with van der Waals surface area (Å²) < 4.78 is 5.30. The predicted molar refractivity (Wildman–Crippen MR) is 91.8 cm³/mol. The highest BCUT2D eigenvalue weighted by Crippen LogP contribution is 2.34. The molecule has 1 aromatic carbocycles. The van der Waals surface area contributed by atoms with E-state index in [1.54, 1.807) is 6.20 Å². The van der Waals surface area contributed by atoms with Crippen molar-refractivity contribution in [2.75, 3.05) is 5.32 Å². The number of fused-ring (bicyclic) bond motifs is 1. The second-order valence-electron chi connectivity index (χ2n) is 6.11. The van der Waals surface area contributed by atoms with Crippen molar-refractivity contribution in [3.05, 3.63) is 64.1 Å². The number of amides is 1. The van der Waals surface area contributed by atoms with E-state index in [2.05, 4.69) is 15.6 Å². The number of anilines is 1. The summed E-state index contributed by atoms with van der Waals surface area (Å²) in [5.41, 5.74) is 2.03. The third kappa shape index (κ3) is 3.27. The summed E-state index contributed by atoms with van der Waals surface area (Å²) in [5, 5.41) is 6.10. The van der Waals surface area contributed by atoms with E-state index in [0.29, 0.717) is 5.69 Å². The van der Waals surface area contributed by atoms with Gasteiger partial charge in [-0.1, -0.05) is 37.3 Å². The van der Waals surface area contributed by atoms with Crippen LogP contribution in [0.2, 0.25) is 0 Å². The Labute approximate surface area is 140 Å². The number of rotatable bonds is 3. The van der Waals surface area contributed by atoms with Crippen LogP contribution in [0.15, 0.2) is 47.4 Å². The quantitative estimate of drug-likeness (QED) is 0.809. The summed E-state index contributed by atoms with van der Waals surface area (Å²) in [7, 11) is 0. The van der Waals surface area contributed by atoms with E-state index in [1.807, 2.05) is 50.2 Å². The standard InChI is InChI=1S/C18H21N3O3/c1-11-12(2)20-16-14(8-9-19-17(16)22)15(11)21-18(23)24-10-13-6-4-3-5-7-13/h3-9,11-12,15,20H,10H2,1-2H3,(H,19,22)(H,21,23). The number of H-pyrrole nitrogens is 1. The first-order valence-electron chi connectivity index (χ1n) is 8.01. The Morgan fingerprint density at radius 2 is 1.96 bits per heavy atom. The molecule has 126 valence electrons. The molecule has 3 rings (SSSR count). The number of ether oxygens (including phenoxy) is 1. The van der Waals surface area contributed by atoms with Gasteiger partial charge >= 0.3 is 6.09 Å². The van der Waals surface area contributed by atoms with Gasteiger partial charge in [-0.25, -0.2) is 4.79 Å². The molecule has 0 aliphatic carbocycles. The van der Waals surface area contributed by atoms with E-state index in [-0.39, 0.29) is 30.2 Å². The molecule has 1 aliphatic heterocycles. The molecule has 1 amide bonds. The molecule has 0 radical (unpaired) electrons. The van der Waals surface area contributed by atoms with Crippen LogP contribution < -0.4 is 16.2 Å². The molecule has 24 heavy (non-hydrogen) atoms. The van der Waals surface area contributed by atoms with Crippen molar-refractivity contribution in [3.63, 3.8) is 0 Å². The molecule has 0 saturated carbocycles. The number of pyridine rings is 1. The predicted octanol–water partition coefficient (Wildman–Crippen LogP) is 2.79. The van der Waals surface area contributed by atoms with E-state index < -0.39 is 6.09 Å². The number of aromatic nitrogens is 1. The summed E-state index contributed by atoms with van der Waals surface area (Å²) in [6.07, 6.45) is 1.10. The molecule has 0 fully saturated rings. The lowest BCUT2D eigenvalue weighted by molar-refractivity contribution is 0.131. The summed E-state index contributed by atoms with van der Waals surface area (Å²) in [6, 6.07) is 11.1. The van der Waals surface area contributed by atoms with Crippen LogP contribution in [0.5, 0.6) is 0 Å².